The molecular formula is C19H25N5OS2. The number of piperidine rings is 1. The molecule has 1 aliphatic rings. The van der Waals surface area contributed by atoms with Crippen LogP contribution in [0.5, 0.6) is 0 Å². The van der Waals surface area contributed by atoms with E-state index in [0.29, 0.717) is 5.92 Å². The van der Waals surface area contributed by atoms with Crippen LogP contribution in [-0.2, 0) is 13.0 Å². The number of aromatic nitrogens is 3. The molecule has 6 nitrogen and oxygen atoms in total. The highest BCUT2D eigenvalue weighted by atomic mass is 32.1. The summed E-state index contributed by atoms with van der Waals surface area (Å²) in [6, 6.07) is 2.09. The van der Waals surface area contributed by atoms with Crippen LogP contribution in [0.25, 0.3) is 10.2 Å². The SMILES string of the molecule is Cc1nc(CC2CCCN(Cc3cnc(NC(C)O)s3)C2)c2sccc2n1. The fourth-order valence-electron chi connectivity index (χ4n) is 3.77. The van der Waals surface area contributed by atoms with E-state index in [0.717, 1.165) is 42.5 Å². The van der Waals surface area contributed by atoms with Crippen molar-refractivity contribution in [2.75, 3.05) is 18.4 Å². The number of hydrogen-bond donors (Lipinski definition) is 2. The number of nitrogens with one attached hydrogen (secondary N) is 1. The van der Waals surface area contributed by atoms with Crippen molar-refractivity contribution >= 4 is 38.0 Å². The van der Waals surface area contributed by atoms with Crippen LogP contribution < -0.4 is 5.32 Å². The number of aliphatic hydroxyl groups excluding tert-OH is 1. The van der Waals surface area contributed by atoms with Crippen LogP contribution in [-0.4, -0.2) is 44.3 Å². The number of anilines is 1. The summed E-state index contributed by atoms with van der Waals surface area (Å²) in [4.78, 5) is 17.4. The topological polar surface area (TPSA) is 74.2 Å². The quantitative estimate of drug-likeness (QED) is 0.612. The molecule has 2 atom stereocenters. The molecule has 3 aromatic rings. The Morgan fingerprint density at radius 3 is 3.15 bits per heavy atom. The first-order chi connectivity index (χ1) is 13.1. The van der Waals surface area contributed by atoms with Gasteiger partial charge in [-0.3, -0.25) is 4.90 Å². The molecule has 4 rings (SSSR count). The number of aliphatic hydroxyl groups is 1. The highest BCUT2D eigenvalue weighted by molar-refractivity contribution is 7.17. The lowest BCUT2D eigenvalue weighted by atomic mass is 9.93. The molecule has 1 saturated heterocycles. The molecule has 2 N–H and O–H groups in total. The summed E-state index contributed by atoms with van der Waals surface area (Å²) in [5.41, 5.74) is 2.29. The molecule has 1 fully saturated rings. The van der Waals surface area contributed by atoms with Gasteiger partial charge in [-0.1, -0.05) is 0 Å². The van der Waals surface area contributed by atoms with Crippen molar-refractivity contribution in [1.82, 2.24) is 19.9 Å². The van der Waals surface area contributed by atoms with Crippen molar-refractivity contribution in [3.05, 3.63) is 34.0 Å². The van der Waals surface area contributed by atoms with Crippen molar-refractivity contribution in [3.8, 4) is 0 Å². The van der Waals surface area contributed by atoms with Crippen molar-refractivity contribution in [3.63, 3.8) is 0 Å². The number of nitrogens with zero attached hydrogens (tertiary/aromatic N) is 4. The third kappa shape index (κ3) is 4.63. The second-order valence-electron chi connectivity index (χ2n) is 7.25. The maximum atomic E-state index is 9.43. The molecule has 0 spiro atoms. The van der Waals surface area contributed by atoms with Crippen molar-refractivity contribution in [2.45, 2.75) is 45.9 Å². The largest absolute Gasteiger partial charge is 0.374 e. The third-order valence-electron chi connectivity index (χ3n) is 4.84. The number of likely N-dealkylation sites (tertiary alicyclic amines) is 1. The first-order valence-electron chi connectivity index (χ1n) is 9.39. The molecular weight excluding hydrogens is 378 g/mol. The molecule has 4 heterocycles. The summed E-state index contributed by atoms with van der Waals surface area (Å²) in [6.07, 6.45) is 4.84. The summed E-state index contributed by atoms with van der Waals surface area (Å²) in [5.74, 6) is 1.49. The molecule has 1 aliphatic heterocycles. The summed E-state index contributed by atoms with van der Waals surface area (Å²) in [6.45, 7) is 6.83. The molecule has 0 aliphatic carbocycles. The van der Waals surface area contributed by atoms with Gasteiger partial charge in [-0.25, -0.2) is 15.0 Å². The molecule has 27 heavy (non-hydrogen) atoms. The Morgan fingerprint density at radius 1 is 1.41 bits per heavy atom. The summed E-state index contributed by atoms with van der Waals surface area (Å²) in [5, 5.41) is 15.3. The number of fused-ring (bicyclic) bond motifs is 1. The van der Waals surface area contributed by atoms with Crippen LogP contribution in [0.2, 0.25) is 0 Å². The zero-order valence-electron chi connectivity index (χ0n) is 15.7. The van der Waals surface area contributed by atoms with Gasteiger partial charge in [0.2, 0.25) is 0 Å². The Bertz CT molecular complexity index is 907. The predicted octanol–water partition coefficient (Wildman–Crippen LogP) is 3.66. The lowest BCUT2D eigenvalue weighted by Crippen LogP contribution is -2.35. The van der Waals surface area contributed by atoms with E-state index < -0.39 is 6.23 Å². The van der Waals surface area contributed by atoms with Crippen molar-refractivity contribution < 1.29 is 5.11 Å². The van der Waals surface area contributed by atoms with E-state index in [1.54, 1.807) is 29.6 Å². The molecule has 0 amide bonds. The van der Waals surface area contributed by atoms with Crippen LogP contribution in [0.15, 0.2) is 17.6 Å². The maximum absolute atomic E-state index is 9.43. The standard InChI is InChI=1S/C19H25N5OS2/c1-12-21-16-5-7-26-18(16)17(22-12)8-14-4-3-6-24(10-14)11-15-9-20-19(27-15)23-13(2)25/h5,7,9,13-14,25H,3-4,6,8,10-11H2,1-2H3,(H,20,23). The molecule has 0 bridgehead atoms. The van der Waals surface area contributed by atoms with E-state index in [4.69, 9.17) is 4.98 Å². The smallest absolute Gasteiger partial charge is 0.184 e. The lowest BCUT2D eigenvalue weighted by molar-refractivity contribution is 0.168. The number of hydrogen-bond acceptors (Lipinski definition) is 8. The average molecular weight is 404 g/mol. The third-order valence-corrected chi connectivity index (χ3v) is 6.70. The van der Waals surface area contributed by atoms with Crippen LogP contribution in [0.4, 0.5) is 5.13 Å². The van der Waals surface area contributed by atoms with Crippen LogP contribution in [0, 0.1) is 12.8 Å². The van der Waals surface area contributed by atoms with Gasteiger partial charge in [0.25, 0.3) is 0 Å². The van der Waals surface area contributed by atoms with Crippen LogP contribution in [0.1, 0.15) is 36.2 Å². The fourth-order valence-corrected chi connectivity index (χ4v) is 5.54. The van der Waals surface area contributed by atoms with Gasteiger partial charge >= 0.3 is 0 Å². The van der Waals surface area contributed by atoms with Gasteiger partial charge in [-0.05, 0) is 57.0 Å². The maximum Gasteiger partial charge on any atom is 0.184 e. The highest BCUT2D eigenvalue weighted by Crippen LogP contribution is 2.28. The number of rotatable bonds is 6. The molecule has 3 aromatic heterocycles. The Labute approximate surface area is 167 Å². The van der Waals surface area contributed by atoms with Crippen molar-refractivity contribution in [1.29, 1.82) is 0 Å². The van der Waals surface area contributed by atoms with Gasteiger partial charge < -0.3 is 10.4 Å². The molecule has 0 saturated carbocycles. The van der Waals surface area contributed by atoms with E-state index in [-0.39, 0.29) is 0 Å². The molecule has 0 aromatic carbocycles. The minimum atomic E-state index is -0.575. The zero-order valence-corrected chi connectivity index (χ0v) is 17.3. The molecule has 8 heteroatoms. The number of thiazole rings is 1. The second kappa shape index (κ2) is 8.18. The fraction of sp³-hybridized carbons (Fsp3) is 0.526. The average Bonchev–Trinajstić information content (AvgIpc) is 3.24. The minimum absolute atomic E-state index is 0.575. The monoisotopic (exact) mass is 403 g/mol. The van der Waals surface area contributed by atoms with E-state index in [1.165, 1.54) is 28.1 Å². The predicted molar refractivity (Wildman–Crippen MR) is 111 cm³/mol. The van der Waals surface area contributed by atoms with Crippen molar-refractivity contribution in [2.24, 2.45) is 5.92 Å². The number of thiophene rings is 1. The van der Waals surface area contributed by atoms with Gasteiger partial charge in [-0.2, -0.15) is 0 Å². The Hall–Kier alpha value is -1.61. The summed E-state index contributed by atoms with van der Waals surface area (Å²) < 4.78 is 1.24. The first-order valence-corrected chi connectivity index (χ1v) is 11.1. The lowest BCUT2D eigenvalue weighted by Gasteiger charge is -2.32. The molecule has 144 valence electrons. The summed E-state index contributed by atoms with van der Waals surface area (Å²) in [7, 11) is 0. The van der Waals surface area contributed by atoms with Gasteiger partial charge in [0.05, 0.1) is 15.9 Å². The van der Waals surface area contributed by atoms with E-state index in [2.05, 4.69) is 31.6 Å². The van der Waals surface area contributed by atoms with E-state index >= 15 is 0 Å². The Kier molecular flexibility index (Phi) is 5.68. The highest BCUT2D eigenvalue weighted by Gasteiger charge is 2.22. The zero-order chi connectivity index (χ0) is 18.8. The van der Waals surface area contributed by atoms with Crippen LogP contribution >= 0.6 is 22.7 Å². The van der Waals surface area contributed by atoms with Gasteiger partial charge in [0.15, 0.2) is 5.13 Å². The molecule has 2 unspecified atom stereocenters. The second-order valence-corrected chi connectivity index (χ2v) is 9.28. The normalized spacial score (nSPS) is 19.4. The Morgan fingerprint density at radius 2 is 2.30 bits per heavy atom. The molecule has 0 radical (unpaired) electrons. The number of aryl methyl sites for hydroxylation is 1. The van der Waals surface area contributed by atoms with E-state index in [1.807, 2.05) is 13.1 Å². The Balaban J connectivity index is 1.40. The van der Waals surface area contributed by atoms with Gasteiger partial charge in [0, 0.05) is 24.2 Å². The van der Waals surface area contributed by atoms with E-state index in [9.17, 15) is 5.11 Å². The first kappa shape index (κ1) is 18.7. The van der Waals surface area contributed by atoms with Crippen LogP contribution in [0.3, 0.4) is 0 Å². The van der Waals surface area contributed by atoms with Gasteiger partial charge in [-0.15, -0.1) is 22.7 Å². The van der Waals surface area contributed by atoms with Gasteiger partial charge in [0.1, 0.15) is 12.1 Å². The minimum Gasteiger partial charge on any atom is -0.374 e. The summed E-state index contributed by atoms with van der Waals surface area (Å²) >= 11 is 3.37.